The smallest absolute Gasteiger partial charge is 0.126 e. The van der Waals surface area contributed by atoms with Crippen LogP contribution in [-0.4, -0.2) is 37.7 Å². The molecular weight excluding hydrogens is 260 g/mol. The number of hydrogen-bond acceptors (Lipinski definition) is 3. The zero-order valence-corrected chi connectivity index (χ0v) is 13.7. The molecule has 0 bridgehead atoms. The largest absolute Gasteiger partial charge is 0.493 e. The predicted octanol–water partition coefficient (Wildman–Crippen LogP) is 3.36. The lowest BCUT2D eigenvalue weighted by molar-refractivity contribution is 0.260. The number of hydrogen-bond donors (Lipinski definition) is 1. The van der Waals surface area contributed by atoms with Crippen LogP contribution in [0.1, 0.15) is 43.7 Å². The number of para-hydroxylation sites is 1. The van der Waals surface area contributed by atoms with Gasteiger partial charge in [-0.3, -0.25) is 0 Å². The molecule has 1 aromatic carbocycles. The normalized spacial score (nSPS) is 15.5. The fraction of sp³-hybridized carbons (Fsp3) is 0.667. The van der Waals surface area contributed by atoms with E-state index < -0.39 is 0 Å². The molecule has 21 heavy (non-hydrogen) atoms. The van der Waals surface area contributed by atoms with Crippen LogP contribution in [0.5, 0.6) is 5.75 Å². The Labute approximate surface area is 129 Å². The molecule has 1 fully saturated rings. The van der Waals surface area contributed by atoms with Gasteiger partial charge < -0.3 is 15.0 Å². The van der Waals surface area contributed by atoms with Gasteiger partial charge in [-0.15, -0.1) is 0 Å². The first-order chi connectivity index (χ1) is 10.3. The molecule has 0 unspecified atom stereocenters. The summed E-state index contributed by atoms with van der Waals surface area (Å²) >= 11 is 0. The molecule has 0 saturated carbocycles. The molecule has 1 heterocycles. The lowest BCUT2D eigenvalue weighted by Gasteiger charge is -2.17. The maximum absolute atomic E-state index is 6.09. The zero-order chi connectivity index (χ0) is 14.9. The van der Waals surface area contributed by atoms with Crippen molar-refractivity contribution < 1.29 is 4.74 Å². The average Bonchev–Trinajstić information content (AvgIpc) is 2.99. The maximum atomic E-state index is 6.09. The Balaban J connectivity index is 1.79. The average molecular weight is 290 g/mol. The topological polar surface area (TPSA) is 24.5 Å². The minimum Gasteiger partial charge on any atom is -0.493 e. The van der Waals surface area contributed by atoms with Gasteiger partial charge in [-0.25, -0.2) is 0 Å². The Morgan fingerprint density at radius 1 is 1.24 bits per heavy atom. The summed E-state index contributed by atoms with van der Waals surface area (Å²) < 4.78 is 6.09. The predicted molar refractivity (Wildman–Crippen MR) is 89.0 cm³/mol. The Bertz CT molecular complexity index is 414. The van der Waals surface area contributed by atoms with Gasteiger partial charge in [0.05, 0.1) is 6.61 Å². The van der Waals surface area contributed by atoms with Gasteiger partial charge in [-0.05, 0) is 57.8 Å². The van der Waals surface area contributed by atoms with Gasteiger partial charge in [0.1, 0.15) is 5.75 Å². The van der Waals surface area contributed by atoms with Crippen molar-refractivity contribution in [2.24, 2.45) is 0 Å². The molecule has 1 aliphatic rings. The third-order valence-corrected chi connectivity index (χ3v) is 4.10. The lowest BCUT2D eigenvalue weighted by Crippen LogP contribution is -2.22. The summed E-state index contributed by atoms with van der Waals surface area (Å²) in [5.41, 5.74) is 2.52. The molecule has 118 valence electrons. The van der Waals surface area contributed by atoms with Crippen LogP contribution in [-0.2, 0) is 6.54 Å². The van der Waals surface area contributed by atoms with E-state index in [-0.39, 0.29) is 0 Å². The van der Waals surface area contributed by atoms with Gasteiger partial charge in [0, 0.05) is 18.7 Å². The highest BCUT2D eigenvalue weighted by molar-refractivity contribution is 5.40. The van der Waals surface area contributed by atoms with E-state index in [2.05, 4.69) is 42.3 Å². The first-order valence-corrected chi connectivity index (χ1v) is 8.45. The molecule has 0 atom stereocenters. The fourth-order valence-electron chi connectivity index (χ4n) is 2.93. The number of benzene rings is 1. The molecule has 1 saturated heterocycles. The van der Waals surface area contributed by atoms with Crippen molar-refractivity contribution in [3.63, 3.8) is 0 Å². The van der Waals surface area contributed by atoms with Crippen molar-refractivity contribution in [3.8, 4) is 5.75 Å². The molecule has 3 heteroatoms. The number of nitrogens with one attached hydrogen (secondary N) is 1. The van der Waals surface area contributed by atoms with Gasteiger partial charge in [-0.2, -0.15) is 0 Å². The van der Waals surface area contributed by atoms with E-state index in [9.17, 15) is 0 Å². The number of nitrogens with zero attached hydrogens (tertiary/aromatic N) is 1. The number of likely N-dealkylation sites (tertiary alicyclic amines) is 1. The van der Waals surface area contributed by atoms with Crippen LogP contribution in [0.4, 0.5) is 0 Å². The summed E-state index contributed by atoms with van der Waals surface area (Å²) in [6.07, 6.45) is 5.02. The Kier molecular flexibility index (Phi) is 7.04. The van der Waals surface area contributed by atoms with Crippen LogP contribution in [0.3, 0.4) is 0 Å². The summed E-state index contributed by atoms with van der Waals surface area (Å²) in [4.78, 5) is 2.55. The first kappa shape index (κ1) is 16.3. The van der Waals surface area contributed by atoms with Crippen LogP contribution in [0.15, 0.2) is 18.2 Å². The maximum Gasteiger partial charge on any atom is 0.126 e. The van der Waals surface area contributed by atoms with Crippen LogP contribution in [0.2, 0.25) is 0 Å². The monoisotopic (exact) mass is 290 g/mol. The molecular formula is C18H30N2O. The van der Waals surface area contributed by atoms with Gasteiger partial charge in [0.15, 0.2) is 0 Å². The highest BCUT2D eigenvalue weighted by atomic mass is 16.5. The second kappa shape index (κ2) is 9.06. The molecule has 1 aliphatic heterocycles. The van der Waals surface area contributed by atoms with E-state index in [4.69, 9.17) is 4.74 Å². The van der Waals surface area contributed by atoms with E-state index in [1.54, 1.807) is 0 Å². The summed E-state index contributed by atoms with van der Waals surface area (Å²) in [6, 6.07) is 6.43. The van der Waals surface area contributed by atoms with Crippen molar-refractivity contribution in [1.29, 1.82) is 0 Å². The summed E-state index contributed by atoms with van der Waals surface area (Å²) in [5.74, 6) is 1.09. The molecule has 0 radical (unpaired) electrons. The summed E-state index contributed by atoms with van der Waals surface area (Å²) in [7, 11) is 0. The van der Waals surface area contributed by atoms with E-state index in [0.29, 0.717) is 0 Å². The number of aryl methyl sites for hydroxylation is 1. The molecule has 0 aromatic heterocycles. The molecule has 1 aromatic rings. The highest BCUT2D eigenvalue weighted by Crippen LogP contribution is 2.23. The molecule has 2 rings (SSSR count). The second-order valence-corrected chi connectivity index (χ2v) is 5.99. The molecule has 0 spiro atoms. The summed E-state index contributed by atoms with van der Waals surface area (Å²) in [5, 5.41) is 3.47. The van der Waals surface area contributed by atoms with Crippen LogP contribution >= 0.6 is 0 Å². The van der Waals surface area contributed by atoms with E-state index in [1.807, 2.05) is 0 Å². The van der Waals surface area contributed by atoms with Crippen LogP contribution < -0.4 is 10.1 Å². The van der Waals surface area contributed by atoms with Crippen LogP contribution in [0, 0.1) is 6.92 Å². The minimum absolute atomic E-state index is 0.822. The van der Waals surface area contributed by atoms with E-state index >= 15 is 0 Å². The highest BCUT2D eigenvalue weighted by Gasteiger charge is 2.11. The third kappa shape index (κ3) is 5.33. The Hall–Kier alpha value is -1.06. The lowest BCUT2D eigenvalue weighted by atomic mass is 10.1. The molecule has 1 N–H and O–H groups in total. The van der Waals surface area contributed by atoms with Crippen molar-refractivity contribution in [3.05, 3.63) is 29.3 Å². The number of rotatable bonds is 9. The van der Waals surface area contributed by atoms with Gasteiger partial charge >= 0.3 is 0 Å². The Morgan fingerprint density at radius 2 is 2.05 bits per heavy atom. The van der Waals surface area contributed by atoms with Gasteiger partial charge in [0.25, 0.3) is 0 Å². The van der Waals surface area contributed by atoms with Crippen molar-refractivity contribution in [2.75, 3.05) is 32.8 Å². The fourth-order valence-corrected chi connectivity index (χ4v) is 2.93. The van der Waals surface area contributed by atoms with E-state index in [1.165, 1.54) is 43.6 Å². The minimum atomic E-state index is 0.822. The van der Waals surface area contributed by atoms with E-state index in [0.717, 1.165) is 38.3 Å². The SMILES string of the molecule is CCCNCc1cccc(C)c1OCCCN1CCCC1. The molecule has 3 nitrogen and oxygen atoms in total. The first-order valence-electron chi connectivity index (χ1n) is 8.45. The van der Waals surface area contributed by atoms with Gasteiger partial charge in [-0.1, -0.05) is 25.1 Å². The zero-order valence-electron chi connectivity index (χ0n) is 13.7. The third-order valence-electron chi connectivity index (χ3n) is 4.10. The quantitative estimate of drug-likeness (QED) is 0.706. The van der Waals surface area contributed by atoms with Crippen molar-refractivity contribution >= 4 is 0 Å². The second-order valence-electron chi connectivity index (χ2n) is 5.99. The standard InChI is InChI=1S/C18H30N2O/c1-3-10-19-15-17-9-6-8-16(2)18(17)21-14-7-13-20-11-4-5-12-20/h6,8-9,19H,3-5,7,10-15H2,1-2H3. The van der Waals surface area contributed by atoms with Crippen molar-refractivity contribution in [1.82, 2.24) is 10.2 Å². The van der Waals surface area contributed by atoms with Crippen molar-refractivity contribution in [2.45, 2.75) is 46.1 Å². The Morgan fingerprint density at radius 3 is 2.81 bits per heavy atom. The molecule has 0 amide bonds. The summed E-state index contributed by atoms with van der Waals surface area (Å²) in [6.45, 7) is 10.8. The van der Waals surface area contributed by atoms with Crippen LogP contribution in [0.25, 0.3) is 0 Å². The van der Waals surface area contributed by atoms with Gasteiger partial charge in [0.2, 0.25) is 0 Å². The molecule has 0 aliphatic carbocycles. The number of ether oxygens (including phenoxy) is 1.